The molecule has 0 radical (unpaired) electrons. The van der Waals surface area contributed by atoms with Crippen molar-refractivity contribution in [2.24, 2.45) is 46.3 Å². The number of fused-ring (bicyclic) bond motifs is 5. The number of aliphatic hydroxyl groups excluding tert-OH is 1. The molecule has 4 aliphatic rings. The van der Waals surface area contributed by atoms with E-state index in [9.17, 15) is 0 Å². The van der Waals surface area contributed by atoms with Crippen molar-refractivity contribution in [3.63, 3.8) is 0 Å². The summed E-state index contributed by atoms with van der Waals surface area (Å²) in [6.07, 6.45) is 13.8. The van der Waals surface area contributed by atoms with Gasteiger partial charge < -0.3 is 9.84 Å². The molecule has 4 nitrogen and oxygen atoms in total. The van der Waals surface area contributed by atoms with Crippen LogP contribution in [0.25, 0.3) is 0 Å². The van der Waals surface area contributed by atoms with Crippen LogP contribution in [0, 0.1) is 46.3 Å². The van der Waals surface area contributed by atoms with Crippen LogP contribution >= 0.6 is 0 Å². The molecule has 4 aliphatic carbocycles. The minimum absolute atomic E-state index is 0.236. The number of nitrogens with zero attached hydrogens (tertiary/aromatic N) is 2. The van der Waals surface area contributed by atoms with Crippen LogP contribution in [0.2, 0.25) is 0 Å². The fourth-order valence-electron chi connectivity index (χ4n) is 9.59. The Balaban J connectivity index is 0.00000148. The lowest BCUT2D eigenvalue weighted by molar-refractivity contribution is -0.153. The Morgan fingerprint density at radius 1 is 1.06 bits per heavy atom. The van der Waals surface area contributed by atoms with E-state index in [2.05, 4.69) is 32.8 Å². The predicted molar refractivity (Wildman–Crippen MR) is 140 cm³/mol. The van der Waals surface area contributed by atoms with Crippen LogP contribution in [-0.2, 0) is 11.3 Å². The van der Waals surface area contributed by atoms with Crippen LogP contribution in [0.1, 0.15) is 97.0 Å². The molecule has 36 heavy (non-hydrogen) atoms. The molecule has 0 aromatic carbocycles. The molecule has 1 heterocycles. The van der Waals surface area contributed by atoms with Gasteiger partial charge in [-0.15, -0.1) is 0 Å². The van der Waals surface area contributed by atoms with Crippen LogP contribution in [0.15, 0.2) is 12.4 Å². The van der Waals surface area contributed by atoms with Crippen molar-refractivity contribution >= 4 is 0 Å². The average Bonchev–Trinajstić information content (AvgIpc) is 3.44. The predicted octanol–water partition coefficient (Wildman–Crippen LogP) is 7.17. The second-order valence-electron chi connectivity index (χ2n) is 13.4. The summed E-state index contributed by atoms with van der Waals surface area (Å²) in [6.45, 7) is 9.54. The molecule has 1 aromatic heterocycles. The minimum atomic E-state index is -2.71. The smallest absolute Gasteiger partial charge is 0.270 e. The van der Waals surface area contributed by atoms with Gasteiger partial charge in [0.25, 0.3) is 5.92 Å². The molecule has 4 saturated carbocycles. The second kappa shape index (κ2) is 10.6. The lowest BCUT2D eigenvalue weighted by Crippen LogP contribution is -2.53. The summed E-state index contributed by atoms with van der Waals surface area (Å²) in [5, 5.41) is 11.3. The Labute approximate surface area is 217 Å². The highest BCUT2D eigenvalue weighted by Crippen LogP contribution is 2.68. The largest absolute Gasteiger partial charge is 0.400 e. The van der Waals surface area contributed by atoms with E-state index in [-0.39, 0.29) is 12.0 Å². The van der Waals surface area contributed by atoms with Crippen molar-refractivity contribution in [2.45, 2.75) is 104 Å². The summed E-state index contributed by atoms with van der Waals surface area (Å²) < 4.78 is 38.7. The monoisotopic (exact) mass is 508 g/mol. The van der Waals surface area contributed by atoms with Crippen LogP contribution in [0.4, 0.5) is 8.78 Å². The number of hydrogen-bond donors (Lipinski definition) is 1. The van der Waals surface area contributed by atoms with Crippen molar-refractivity contribution in [3.05, 3.63) is 18.0 Å². The summed E-state index contributed by atoms with van der Waals surface area (Å²) in [4.78, 5) is 0. The summed E-state index contributed by atoms with van der Waals surface area (Å²) in [5.41, 5.74) is 1.23. The molecular weight excluding hydrogens is 458 g/mol. The van der Waals surface area contributed by atoms with E-state index in [0.29, 0.717) is 35.5 Å². The van der Waals surface area contributed by atoms with Gasteiger partial charge in [-0.2, -0.15) is 5.10 Å². The molecule has 6 heteroatoms. The van der Waals surface area contributed by atoms with Gasteiger partial charge in [0.15, 0.2) is 0 Å². The number of ether oxygens (including phenoxy) is 1. The Morgan fingerprint density at radius 3 is 2.39 bits per heavy atom. The molecule has 7 unspecified atom stereocenters. The number of rotatable bonds is 6. The van der Waals surface area contributed by atoms with Crippen LogP contribution in [-0.4, -0.2) is 41.6 Å². The first-order valence-electron chi connectivity index (χ1n) is 14.4. The summed E-state index contributed by atoms with van der Waals surface area (Å²) in [5.74, 6) is 0.411. The zero-order chi connectivity index (χ0) is 26.3. The maximum Gasteiger partial charge on any atom is 0.270 e. The topological polar surface area (TPSA) is 47.3 Å². The van der Waals surface area contributed by atoms with Crippen LogP contribution < -0.4 is 0 Å². The third-order valence-electron chi connectivity index (χ3n) is 11.2. The van der Waals surface area contributed by atoms with Crippen molar-refractivity contribution in [3.8, 4) is 0 Å². The van der Waals surface area contributed by atoms with E-state index in [4.69, 9.17) is 9.84 Å². The quantitative estimate of drug-likeness (QED) is 0.443. The Bertz CT molecular complexity index is 873. The van der Waals surface area contributed by atoms with E-state index >= 15 is 8.78 Å². The van der Waals surface area contributed by atoms with E-state index < -0.39 is 11.8 Å². The van der Waals surface area contributed by atoms with Crippen molar-refractivity contribution in [1.29, 1.82) is 0 Å². The van der Waals surface area contributed by atoms with Gasteiger partial charge in [0.05, 0.1) is 6.20 Å². The fourth-order valence-corrected chi connectivity index (χ4v) is 9.59. The molecule has 0 amide bonds. The van der Waals surface area contributed by atoms with Crippen molar-refractivity contribution in [2.75, 3.05) is 20.8 Å². The first kappa shape index (κ1) is 28.0. The molecule has 1 aromatic rings. The number of aromatic nitrogens is 2. The van der Waals surface area contributed by atoms with Gasteiger partial charge in [-0.1, -0.05) is 27.7 Å². The minimum Gasteiger partial charge on any atom is -0.400 e. The van der Waals surface area contributed by atoms with Gasteiger partial charge in [-0.05, 0) is 110 Å². The lowest BCUT2D eigenvalue weighted by Gasteiger charge is -2.60. The second-order valence-corrected chi connectivity index (χ2v) is 13.4. The first-order valence-corrected chi connectivity index (χ1v) is 14.4. The van der Waals surface area contributed by atoms with Gasteiger partial charge >= 0.3 is 0 Å². The van der Waals surface area contributed by atoms with Gasteiger partial charge in [-0.3, -0.25) is 4.68 Å². The van der Waals surface area contributed by atoms with E-state index in [0.717, 1.165) is 50.4 Å². The molecule has 0 saturated heterocycles. The number of methoxy groups -OCH3 is 1. The molecule has 0 aliphatic heterocycles. The van der Waals surface area contributed by atoms with Crippen molar-refractivity contribution < 1.29 is 18.6 Å². The van der Waals surface area contributed by atoms with E-state index in [1.807, 2.05) is 13.3 Å². The number of alkyl halides is 2. The van der Waals surface area contributed by atoms with Gasteiger partial charge in [0.2, 0.25) is 0 Å². The zero-order valence-corrected chi connectivity index (χ0v) is 23.5. The summed E-state index contributed by atoms with van der Waals surface area (Å²) in [6, 6.07) is 0. The fraction of sp³-hybridized carbons (Fsp3) is 0.900. The van der Waals surface area contributed by atoms with Gasteiger partial charge in [0.1, 0.15) is 6.54 Å². The Morgan fingerprint density at radius 2 is 1.72 bits per heavy atom. The first-order chi connectivity index (χ1) is 17.1. The van der Waals surface area contributed by atoms with E-state index in [1.165, 1.54) is 36.8 Å². The zero-order valence-electron chi connectivity index (χ0n) is 23.5. The maximum absolute atomic E-state index is 15.8. The highest BCUT2D eigenvalue weighted by molar-refractivity contribution is 5.12. The molecule has 0 bridgehead atoms. The lowest BCUT2D eigenvalue weighted by atomic mass is 9.45. The maximum atomic E-state index is 15.8. The molecule has 206 valence electrons. The highest BCUT2D eigenvalue weighted by atomic mass is 19.3. The van der Waals surface area contributed by atoms with E-state index in [1.54, 1.807) is 6.20 Å². The average molecular weight is 509 g/mol. The third-order valence-corrected chi connectivity index (χ3v) is 11.2. The van der Waals surface area contributed by atoms with Gasteiger partial charge in [-0.25, -0.2) is 8.78 Å². The molecule has 0 spiro atoms. The standard InChI is InChI=1S/C29H46F2N2O.CH4O/c1-19(2)21-15-32-33(16-21)18-29(30,31)26-9-8-25-23-10-12-27(3)14-20(17-34-5)6-7-24(27)22(23)11-13-28(25,26)4;1-2/h15-16,19-20,22-26H,6-14,17-18H2,1-5H3;2H,1H3/t20?,22?,23?,24?,25?,26?,27-,28?;/m1./s1. The third kappa shape index (κ3) is 4.90. The normalized spacial score (nSPS) is 40.2. The molecule has 1 N–H and O–H groups in total. The van der Waals surface area contributed by atoms with Crippen LogP contribution in [0.3, 0.4) is 0 Å². The molecule has 5 rings (SSSR count). The SMILES string of the molecule is CO.COCC1CCC2C3CCC4(C)C(CCC4C(F)(F)Cn4cc(C(C)C)cn4)C3CC[C@]2(C)C1. The Hall–Kier alpha value is -1.01. The Kier molecular flexibility index (Phi) is 8.27. The molecule has 8 atom stereocenters. The number of aliphatic hydroxyl groups is 1. The van der Waals surface area contributed by atoms with Crippen molar-refractivity contribution in [1.82, 2.24) is 9.78 Å². The summed E-state index contributed by atoms with van der Waals surface area (Å²) in [7, 11) is 2.83. The molecule has 4 fully saturated rings. The summed E-state index contributed by atoms with van der Waals surface area (Å²) >= 11 is 0. The molecular formula is C30H50F2N2O2. The number of hydrogen-bond acceptors (Lipinski definition) is 3. The highest BCUT2D eigenvalue weighted by Gasteiger charge is 2.63. The van der Waals surface area contributed by atoms with Gasteiger partial charge in [0, 0.05) is 32.9 Å². The number of halogens is 2. The van der Waals surface area contributed by atoms with Crippen LogP contribution in [0.5, 0.6) is 0 Å².